The summed E-state index contributed by atoms with van der Waals surface area (Å²) in [7, 11) is 0. The number of H-pyrrole nitrogens is 1. The van der Waals surface area contributed by atoms with Crippen molar-refractivity contribution in [3.8, 4) is 0 Å². The van der Waals surface area contributed by atoms with Gasteiger partial charge >= 0.3 is 5.69 Å². The predicted molar refractivity (Wildman–Crippen MR) is 83.5 cm³/mol. The molecule has 1 aromatic carbocycles. The molecule has 3 aromatic rings. The summed E-state index contributed by atoms with van der Waals surface area (Å²) in [6.45, 7) is -0.0984. The van der Waals surface area contributed by atoms with Crippen LogP contribution >= 0.6 is 0 Å². The lowest BCUT2D eigenvalue weighted by Gasteiger charge is -2.07. The van der Waals surface area contributed by atoms with Gasteiger partial charge in [-0.1, -0.05) is 0 Å². The fourth-order valence-corrected chi connectivity index (χ4v) is 2.11. The van der Waals surface area contributed by atoms with Gasteiger partial charge in [-0.3, -0.25) is 14.2 Å². The van der Waals surface area contributed by atoms with E-state index in [0.717, 1.165) is 10.8 Å². The Bertz CT molecular complexity index is 972. The van der Waals surface area contributed by atoms with Crippen LogP contribution in [0, 0.1) is 5.82 Å². The summed E-state index contributed by atoms with van der Waals surface area (Å²) in [6.07, 6.45) is 2.46. The number of nitrogens with zero attached hydrogens (tertiary/aromatic N) is 1. The summed E-state index contributed by atoms with van der Waals surface area (Å²) >= 11 is 0. The average molecular weight is 329 g/mol. The zero-order chi connectivity index (χ0) is 17.1. The van der Waals surface area contributed by atoms with Crippen molar-refractivity contribution in [2.75, 3.05) is 5.32 Å². The highest BCUT2D eigenvalue weighted by molar-refractivity contribution is 6.03. The second kappa shape index (κ2) is 6.37. The Morgan fingerprint density at radius 1 is 1.21 bits per heavy atom. The summed E-state index contributed by atoms with van der Waals surface area (Å²) in [6, 6.07) is 8.31. The predicted octanol–water partition coefficient (Wildman–Crippen LogP) is 1.57. The van der Waals surface area contributed by atoms with Gasteiger partial charge < -0.3 is 14.7 Å². The molecule has 0 aliphatic rings. The lowest BCUT2D eigenvalue weighted by Crippen LogP contribution is -2.39. The Labute approximate surface area is 134 Å². The highest BCUT2D eigenvalue weighted by Gasteiger charge is 2.15. The molecule has 0 atom stereocenters. The van der Waals surface area contributed by atoms with Crippen molar-refractivity contribution in [1.29, 1.82) is 0 Å². The van der Waals surface area contributed by atoms with E-state index in [1.165, 1.54) is 30.5 Å². The van der Waals surface area contributed by atoms with Crippen molar-refractivity contribution in [2.24, 2.45) is 0 Å². The first-order valence-electron chi connectivity index (χ1n) is 6.96. The molecule has 0 radical (unpaired) electrons. The number of halogens is 1. The van der Waals surface area contributed by atoms with Gasteiger partial charge in [-0.05, 0) is 36.4 Å². The van der Waals surface area contributed by atoms with Gasteiger partial charge in [0.05, 0.1) is 12.8 Å². The third-order valence-electron chi connectivity index (χ3n) is 3.30. The number of carbonyl (C=O) groups excluding carboxylic acids is 1. The number of aromatic nitrogens is 2. The number of furan rings is 1. The van der Waals surface area contributed by atoms with Crippen LogP contribution in [0.25, 0.3) is 0 Å². The van der Waals surface area contributed by atoms with E-state index in [-0.39, 0.29) is 12.1 Å². The molecule has 122 valence electrons. The maximum atomic E-state index is 12.9. The first-order valence-corrected chi connectivity index (χ1v) is 6.96. The largest absolute Gasteiger partial charge is 0.467 e. The van der Waals surface area contributed by atoms with Crippen LogP contribution in [0.3, 0.4) is 0 Å². The molecule has 0 fully saturated rings. The molecule has 2 aromatic heterocycles. The molecule has 3 rings (SSSR count). The van der Waals surface area contributed by atoms with E-state index in [9.17, 15) is 18.8 Å². The normalized spacial score (nSPS) is 10.5. The molecule has 2 N–H and O–H groups in total. The number of anilines is 1. The van der Waals surface area contributed by atoms with Crippen LogP contribution in [-0.2, 0) is 6.54 Å². The van der Waals surface area contributed by atoms with Gasteiger partial charge in [0.15, 0.2) is 0 Å². The van der Waals surface area contributed by atoms with E-state index >= 15 is 0 Å². The van der Waals surface area contributed by atoms with Gasteiger partial charge in [0.1, 0.15) is 17.1 Å². The SMILES string of the molecule is O=C(Nc1ccc(F)cc1)c1c[nH]c(=O)n(Cc2ccco2)c1=O. The number of hydrogen-bond acceptors (Lipinski definition) is 4. The number of carbonyl (C=O) groups is 1. The van der Waals surface area contributed by atoms with Crippen molar-refractivity contribution in [1.82, 2.24) is 9.55 Å². The molecule has 0 saturated carbocycles. The van der Waals surface area contributed by atoms with Gasteiger partial charge in [0.25, 0.3) is 11.5 Å². The molecule has 0 aliphatic carbocycles. The van der Waals surface area contributed by atoms with Crippen LogP contribution in [0.2, 0.25) is 0 Å². The molecule has 0 bridgehead atoms. The van der Waals surface area contributed by atoms with Crippen molar-refractivity contribution < 1.29 is 13.6 Å². The van der Waals surface area contributed by atoms with Gasteiger partial charge in [0.2, 0.25) is 0 Å². The summed E-state index contributed by atoms with van der Waals surface area (Å²) in [5.41, 5.74) is -1.33. The minimum Gasteiger partial charge on any atom is -0.467 e. The van der Waals surface area contributed by atoms with Crippen LogP contribution in [0.4, 0.5) is 10.1 Å². The van der Waals surface area contributed by atoms with Gasteiger partial charge in [-0.25, -0.2) is 9.18 Å². The zero-order valence-electron chi connectivity index (χ0n) is 12.3. The molecule has 2 heterocycles. The van der Waals surface area contributed by atoms with Crippen LogP contribution in [-0.4, -0.2) is 15.5 Å². The minimum absolute atomic E-state index is 0.0984. The number of benzene rings is 1. The highest BCUT2D eigenvalue weighted by Crippen LogP contribution is 2.09. The number of amides is 1. The number of nitrogens with one attached hydrogen (secondary N) is 2. The first-order chi connectivity index (χ1) is 11.5. The minimum atomic E-state index is -0.755. The second-order valence-electron chi connectivity index (χ2n) is 4.94. The average Bonchev–Trinajstić information content (AvgIpc) is 3.06. The quantitative estimate of drug-likeness (QED) is 0.759. The van der Waals surface area contributed by atoms with Gasteiger partial charge in [-0.15, -0.1) is 0 Å². The third-order valence-corrected chi connectivity index (χ3v) is 3.30. The molecule has 0 unspecified atom stereocenters. The third kappa shape index (κ3) is 3.17. The van der Waals surface area contributed by atoms with Crippen LogP contribution < -0.4 is 16.6 Å². The van der Waals surface area contributed by atoms with E-state index in [2.05, 4.69) is 10.3 Å². The molecule has 1 amide bonds. The summed E-state index contributed by atoms with van der Waals surface area (Å²) in [5.74, 6) is -0.757. The van der Waals surface area contributed by atoms with Crippen LogP contribution in [0.1, 0.15) is 16.1 Å². The molecular formula is C16H12FN3O4. The number of rotatable bonds is 4. The first kappa shape index (κ1) is 15.5. The Morgan fingerprint density at radius 3 is 2.62 bits per heavy atom. The lowest BCUT2D eigenvalue weighted by atomic mass is 10.2. The Kier molecular flexibility index (Phi) is 4.11. The van der Waals surface area contributed by atoms with Crippen molar-refractivity contribution in [3.63, 3.8) is 0 Å². The molecule has 0 spiro atoms. The Hall–Kier alpha value is -3.42. The van der Waals surface area contributed by atoms with E-state index in [0.29, 0.717) is 11.4 Å². The van der Waals surface area contributed by atoms with Gasteiger partial charge in [-0.2, -0.15) is 0 Å². The highest BCUT2D eigenvalue weighted by atomic mass is 19.1. The fraction of sp³-hybridized carbons (Fsp3) is 0.0625. The van der Waals surface area contributed by atoms with Crippen molar-refractivity contribution in [2.45, 2.75) is 6.54 Å². The fourth-order valence-electron chi connectivity index (χ4n) is 2.11. The Morgan fingerprint density at radius 2 is 1.96 bits per heavy atom. The number of hydrogen-bond donors (Lipinski definition) is 2. The Balaban J connectivity index is 1.90. The summed E-state index contributed by atoms with van der Waals surface area (Å²) < 4.78 is 18.8. The zero-order valence-corrected chi connectivity index (χ0v) is 12.3. The van der Waals surface area contributed by atoms with E-state index in [1.54, 1.807) is 12.1 Å². The van der Waals surface area contributed by atoms with Crippen LogP contribution in [0.5, 0.6) is 0 Å². The maximum Gasteiger partial charge on any atom is 0.328 e. The standard InChI is InChI=1S/C16H12FN3O4/c17-10-3-5-11(6-4-10)19-14(21)13-8-18-16(23)20(15(13)22)9-12-2-1-7-24-12/h1-8H,9H2,(H,18,23)(H,19,21). The maximum absolute atomic E-state index is 12.9. The number of aromatic amines is 1. The summed E-state index contributed by atoms with van der Waals surface area (Å²) in [5, 5.41) is 2.47. The molecule has 7 nitrogen and oxygen atoms in total. The van der Waals surface area contributed by atoms with Crippen molar-refractivity contribution >= 4 is 11.6 Å². The topological polar surface area (TPSA) is 97.1 Å². The molecule has 0 saturated heterocycles. The van der Waals surface area contributed by atoms with E-state index in [4.69, 9.17) is 4.42 Å². The van der Waals surface area contributed by atoms with Crippen LogP contribution in [0.15, 0.2) is 62.9 Å². The monoisotopic (exact) mass is 329 g/mol. The van der Waals surface area contributed by atoms with E-state index in [1.807, 2.05) is 0 Å². The molecule has 8 heteroatoms. The molecule has 0 aliphatic heterocycles. The lowest BCUT2D eigenvalue weighted by molar-refractivity contribution is 0.102. The summed E-state index contributed by atoms with van der Waals surface area (Å²) in [4.78, 5) is 38.8. The molecular weight excluding hydrogens is 317 g/mol. The van der Waals surface area contributed by atoms with Gasteiger partial charge in [0, 0.05) is 11.9 Å². The smallest absolute Gasteiger partial charge is 0.328 e. The molecule has 24 heavy (non-hydrogen) atoms. The van der Waals surface area contributed by atoms with E-state index < -0.39 is 23.0 Å². The second-order valence-corrected chi connectivity index (χ2v) is 4.94. The van der Waals surface area contributed by atoms with Crippen molar-refractivity contribution in [3.05, 3.63) is 86.8 Å².